The maximum atomic E-state index is 12.1. The Labute approximate surface area is 111 Å². The first-order chi connectivity index (χ1) is 8.70. The molecule has 1 aromatic rings. The van der Waals surface area contributed by atoms with Crippen molar-refractivity contribution in [1.29, 1.82) is 0 Å². The average Bonchev–Trinajstić information content (AvgIpc) is 2.97. The van der Waals surface area contributed by atoms with Gasteiger partial charge in [0.2, 0.25) is 5.12 Å². The average molecular weight is 269 g/mol. The van der Waals surface area contributed by atoms with Crippen molar-refractivity contribution in [3.63, 3.8) is 0 Å². The van der Waals surface area contributed by atoms with Gasteiger partial charge in [-0.2, -0.15) is 0 Å². The summed E-state index contributed by atoms with van der Waals surface area (Å²) < 4.78 is 7.50. The van der Waals surface area contributed by atoms with Crippen LogP contribution in [0.2, 0.25) is 0 Å². The van der Waals surface area contributed by atoms with Crippen LogP contribution in [0.5, 0.6) is 0 Å². The van der Waals surface area contributed by atoms with E-state index in [1.54, 1.807) is 6.20 Å². The molecule has 0 saturated carbocycles. The zero-order valence-corrected chi connectivity index (χ0v) is 11.6. The molecule has 100 valence electrons. The van der Waals surface area contributed by atoms with Gasteiger partial charge in [0, 0.05) is 32.6 Å². The van der Waals surface area contributed by atoms with Gasteiger partial charge in [-0.05, 0) is 24.6 Å². The highest BCUT2D eigenvalue weighted by molar-refractivity contribution is 8.13. The number of carbonyl (C=O) groups excluding carboxylic acids is 1. The molecule has 1 fully saturated rings. The zero-order valence-electron chi connectivity index (χ0n) is 10.8. The SMILES string of the molecule is CCCOC1CN[C@H](C(=O)Sc2nccn2C)C1. The van der Waals surface area contributed by atoms with E-state index in [0.29, 0.717) is 0 Å². The Morgan fingerprint density at radius 3 is 3.22 bits per heavy atom. The Morgan fingerprint density at radius 2 is 2.56 bits per heavy atom. The number of carbonyl (C=O) groups is 1. The second kappa shape index (κ2) is 6.36. The first-order valence-electron chi connectivity index (χ1n) is 6.24. The lowest BCUT2D eigenvalue weighted by atomic mass is 10.2. The highest BCUT2D eigenvalue weighted by atomic mass is 32.2. The van der Waals surface area contributed by atoms with E-state index in [-0.39, 0.29) is 17.3 Å². The summed E-state index contributed by atoms with van der Waals surface area (Å²) in [6, 6.07) is -0.117. The number of aryl methyl sites for hydroxylation is 1. The molecule has 1 aromatic heterocycles. The number of nitrogens with one attached hydrogen (secondary N) is 1. The van der Waals surface area contributed by atoms with E-state index in [2.05, 4.69) is 17.2 Å². The van der Waals surface area contributed by atoms with Crippen LogP contribution in [0.3, 0.4) is 0 Å². The monoisotopic (exact) mass is 269 g/mol. The summed E-state index contributed by atoms with van der Waals surface area (Å²) in [5.74, 6) is 0. The van der Waals surface area contributed by atoms with Crippen LogP contribution in [-0.2, 0) is 16.6 Å². The number of ether oxygens (including phenoxy) is 1. The molecule has 6 heteroatoms. The lowest BCUT2D eigenvalue weighted by molar-refractivity contribution is -0.112. The van der Waals surface area contributed by atoms with Crippen LogP contribution in [0.1, 0.15) is 19.8 Å². The molecular weight excluding hydrogens is 250 g/mol. The van der Waals surface area contributed by atoms with Gasteiger partial charge < -0.3 is 14.6 Å². The van der Waals surface area contributed by atoms with Gasteiger partial charge in [-0.25, -0.2) is 4.98 Å². The number of imidazole rings is 1. The minimum atomic E-state index is -0.117. The molecule has 0 aliphatic carbocycles. The number of aromatic nitrogens is 2. The molecule has 0 aromatic carbocycles. The first-order valence-corrected chi connectivity index (χ1v) is 7.06. The number of thioether (sulfide) groups is 1. The maximum Gasteiger partial charge on any atom is 0.213 e. The molecule has 2 atom stereocenters. The lowest BCUT2D eigenvalue weighted by Gasteiger charge is -2.10. The normalized spacial score (nSPS) is 23.4. The molecule has 0 spiro atoms. The molecule has 1 N–H and O–H groups in total. The number of hydrogen-bond acceptors (Lipinski definition) is 5. The third kappa shape index (κ3) is 3.34. The van der Waals surface area contributed by atoms with Gasteiger partial charge in [-0.3, -0.25) is 4.79 Å². The minimum absolute atomic E-state index is 0.117. The highest BCUT2D eigenvalue weighted by Crippen LogP contribution is 2.22. The zero-order chi connectivity index (χ0) is 13.0. The Kier molecular flexibility index (Phi) is 4.79. The van der Waals surface area contributed by atoms with Crippen molar-refractivity contribution in [2.75, 3.05) is 13.2 Å². The lowest BCUT2D eigenvalue weighted by Crippen LogP contribution is -2.28. The molecule has 0 radical (unpaired) electrons. The van der Waals surface area contributed by atoms with Crippen LogP contribution >= 0.6 is 11.8 Å². The van der Waals surface area contributed by atoms with Crippen LogP contribution in [0.4, 0.5) is 0 Å². The van der Waals surface area contributed by atoms with Gasteiger partial charge in [-0.15, -0.1) is 0 Å². The van der Waals surface area contributed by atoms with Crippen LogP contribution in [-0.4, -0.2) is 40.0 Å². The van der Waals surface area contributed by atoms with Crippen molar-refractivity contribution in [2.24, 2.45) is 7.05 Å². The van der Waals surface area contributed by atoms with Gasteiger partial charge in [0.05, 0.1) is 12.1 Å². The fourth-order valence-electron chi connectivity index (χ4n) is 1.91. The Balaban J connectivity index is 1.82. The molecule has 1 unspecified atom stereocenters. The van der Waals surface area contributed by atoms with Crippen LogP contribution in [0.15, 0.2) is 17.6 Å². The quantitative estimate of drug-likeness (QED) is 0.814. The molecule has 2 heterocycles. The molecule has 2 rings (SSSR count). The van der Waals surface area contributed by atoms with Gasteiger partial charge >= 0.3 is 0 Å². The van der Waals surface area contributed by atoms with Crippen molar-refractivity contribution in [1.82, 2.24) is 14.9 Å². The predicted molar refractivity (Wildman–Crippen MR) is 70.5 cm³/mol. The Morgan fingerprint density at radius 1 is 1.72 bits per heavy atom. The van der Waals surface area contributed by atoms with E-state index < -0.39 is 0 Å². The van der Waals surface area contributed by atoms with Crippen molar-refractivity contribution < 1.29 is 9.53 Å². The predicted octanol–water partition coefficient (Wildman–Crippen LogP) is 1.20. The summed E-state index contributed by atoms with van der Waals surface area (Å²) in [4.78, 5) is 16.2. The van der Waals surface area contributed by atoms with E-state index in [1.165, 1.54) is 11.8 Å². The van der Waals surface area contributed by atoms with E-state index in [9.17, 15) is 4.79 Å². The van der Waals surface area contributed by atoms with Crippen molar-refractivity contribution >= 4 is 16.9 Å². The molecule has 18 heavy (non-hydrogen) atoms. The molecular formula is C12H19N3O2S. The van der Waals surface area contributed by atoms with Crippen molar-refractivity contribution in [3.8, 4) is 0 Å². The fourth-order valence-corrected chi connectivity index (χ4v) is 2.73. The molecule has 0 amide bonds. The second-order valence-corrected chi connectivity index (χ2v) is 5.40. The summed E-state index contributed by atoms with van der Waals surface area (Å²) in [7, 11) is 1.89. The number of hydrogen-bond donors (Lipinski definition) is 1. The van der Waals surface area contributed by atoms with E-state index >= 15 is 0 Å². The third-order valence-electron chi connectivity index (χ3n) is 2.90. The second-order valence-electron chi connectivity index (χ2n) is 4.43. The van der Waals surface area contributed by atoms with Gasteiger partial charge in [0.25, 0.3) is 0 Å². The van der Waals surface area contributed by atoms with Crippen LogP contribution < -0.4 is 5.32 Å². The minimum Gasteiger partial charge on any atom is -0.377 e. The van der Waals surface area contributed by atoms with Gasteiger partial charge in [0.15, 0.2) is 5.16 Å². The molecule has 1 saturated heterocycles. The topological polar surface area (TPSA) is 56.1 Å². The molecule has 5 nitrogen and oxygen atoms in total. The molecule has 1 aliphatic rings. The Hall–Kier alpha value is -0.850. The maximum absolute atomic E-state index is 12.1. The Bertz CT molecular complexity index is 408. The summed E-state index contributed by atoms with van der Waals surface area (Å²) in [6.07, 6.45) is 5.48. The number of nitrogens with zero attached hydrogens (tertiary/aromatic N) is 2. The van der Waals surface area contributed by atoms with Crippen LogP contribution in [0, 0.1) is 0 Å². The van der Waals surface area contributed by atoms with Crippen LogP contribution in [0.25, 0.3) is 0 Å². The summed E-state index contributed by atoms with van der Waals surface area (Å²) >= 11 is 1.19. The largest absolute Gasteiger partial charge is 0.377 e. The van der Waals surface area contributed by atoms with E-state index in [0.717, 1.165) is 31.1 Å². The van der Waals surface area contributed by atoms with Crippen molar-refractivity contribution in [3.05, 3.63) is 12.4 Å². The summed E-state index contributed by atoms with van der Waals surface area (Å²) in [5, 5.41) is 4.07. The van der Waals surface area contributed by atoms with E-state index in [4.69, 9.17) is 4.74 Å². The standard InChI is InChI=1S/C12H19N3O2S/c1-3-6-17-9-7-10(14-8-9)11(16)18-12-13-4-5-15(12)2/h4-5,9-10,14H,3,6-8H2,1-2H3/t9?,10-/m0/s1. The van der Waals surface area contributed by atoms with Crippen molar-refractivity contribution in [2.45, 2.75) is 37.1 Å². The van der Waals surface area contributed by atoms with E-state index in [1.807, 2.05) is 17.8 Å². The fraction of sp³-hybridized carbons (Fsp3) is 0.667. The number of rotatable bonds is 5. The first kappa shape index (κ1) is 13.6. The summed E-state index contributed by atoms with van der Waals surface area (Å²) in [6.45, 7) is 3.61. The summed E-state index contributed by atoms with van der Waals surface area (Å²) in [5.41, 5.74) is 0. The molecule has 0 bridgehead atoms. The highest BCUT2D eigenvalue weighted by Gasteiger charge is 2.30. The van der Waals surface area contributed by atoms with Gasteiger partial charge in [-0.1, -0.05) is 6.92 Å². The third-order valence-corrected chi connectivity index (χ3v) is 3.96. The van der Waals surface area contributed by atoms with Gasteiger partial charge in [0.1, 0.15) is 0 Å². The molecule has 1 aliphatic heterocycles. The smallest absolute Gasteiger partial charge is 0.213 e.